The zero-order valence-corrected chi connectivity index (χ0v) is 9.02. The molecule has 0 aromatic rings. The molecular weight excluding hydrogens is 264 g/mol. The van der Waals surface area contributed by atoms with Gasteiger partial charge in [-0.05, 0) is 0 Å². The van der Waals surface area contributed by atoms with Gasteiger partial charge in [0.2, 0.25) is 0 Å². The van der Waals surface area contributed by atoms with E-state index in [2.05, 4.69) is 31.9 Å². The van der Waals surface area contributed by atoms with Crippen LogP contribution < -0.4 is 0 Å². The highest BCUT2D eigenvalue weighted by atomic mass is 79.9. The Balaban J connectivity index is 3.94. The number of aliphatic carboxylic acids is 1. The minimum absolute atomic E-state index is 0.00926. The van der Waals surface area contributed by atoms with Crippen LogP contribution in [0.15, 0.2) is 0 Å². The van der Waals surface area contributed by atoms with Crippen LogP contribution >= 0.6 is 31.9 Å². The predicted molar refractivity (Wildman–Crippen MR) is 47.9 cm³/mol. The number of carboxylic acids is 1. The van der Waals surface area contributed by atoms with Crippen LogP contribution in [0.4, 0.5) is 0 Å². The number of carbonyl (C=O) groups is 1. The summed E-state index contributed by atoms with van der Waals surface area (Å²) in [7, 11) is 0. The van der Waals surface area contributed by atoms with E-state index in [0.717, 1.165) is 0 Å². The monoisotopic (exact) mass is 272 g/mol. The number of alkyl halides is 2. The molecule has 0 aromatic carbocycles. The summed E-state index contributed by atoms with van der Waals surface area (Å²) in [5.41, 5.74) is 0. The normalized spacial score (nSPS) is 19.6. The maximum Gasteiger partial charge on any atom is 0.307 e. The Morgan fingerprint density at radius 1 is 1.40 bits per heavy atom. The zero-order valence-electron chi connectivity index (χ0n) is 5.84. The Hall–Kier alpha value is 0.430. The smallest absolute Gasteiger partial charge is 0.307 e. The third-order valence-corrected chi connectivity index (χ3v) is 4.17. The van der Waals surface area contributed by atoms with Crippen molar-refractivity contribution in [3.63, 3.8) is 0 Å². The summed E-state index contributed by atoms with van der Waals surface area (Å²) in [5, 5.41) is 8.55. The molecule has 3 unspecified atom stereocenters. The van der Waals surface area contributed by atoms with E-state index in [1.807, 2.05) is 6.92 Å². The third-order valence-electron chi connectivity index (χ3n) is 1.31. The molecule has 60 valence electrons. The average molecular weight is 274 g/mol. The van der Waals surface area contributed by atoms with Crippen molar-refractivity contribution >= 4 is 37.8 Å². The summed E-state index contributed by atoms with van der Waals surface area (Å²) >= 11 is 6.58. The summed E-state index contributed by atoms with van der Waals surface area (Å²) in [6.07, 6.45) is 0. The Bertz CT molecular complexity index is 125. The van der Waals surface area contributed by atoms with Gasteiger partial charge in [0.25, 0.3) is 0 Å². The lowest BCUT2D eigenvalue weighted by Crippen LogP contribution is -2.26. The Kier molecular flexibility index (Phi) is 4.52. The van der Waals surface area contributed by atoms with E-state index >= 15 is 0 Å². The second-order valence-electron chi connectivity index (χ2n) is 2.25. The number of hydrogen-bond donors (Lipinski definition) is 1. The fourth-order valence-corrected chi connectivity index (χ4v) is 1.22. The fourth-order valence-electron chi connectivity index (χ4n) is 0.534. The molecule has 4 heteroatoms. The molecule has 0 amide bonds. The molecular formula is C6H10Br2O2. The maximum absolute atomic E-state index is 10.4. The maximum atomic E-state index is 10.4. The number of rotatable bonds is 3. The molecule has 0 aliphatic carbocycles. The largest absolute Gasteiger partial charge is 0.481 e. The number of carboxylic acid groups (broad SMARTS) is 1. The first-order valence-electron chi connectivity index (χ1n) is 2.97. The fraction of sp³-hybridized carbons (Fsp3) is 0.833. The molecule has 0 heterocycles. The van der Waals surface area contributed by atoms with Gasteiger partial charge >= 0.3 is 5.97 Å². The van der Waals surface area contributed by atoms with Crippen molar-refractivity contribution in [2.24, 2.45) is 5.92 Å². The average Bonchev–Trinajstić information content (AvgIpc) is 1.84. The molecule has 0 spiro atoms. The van der Waals surface area contributed by atoms with Crippen LogP contribution in [0.25, 0.3) is 0 Å². The van der Waals surface area contributed by atoms with Gasteiger partial charge in [-0.2, -0.15) is 0 Å². The van der Waals surface area contributed by atoms with Crippen molar-refractivity contribution in [2.75, 3.05) is 0 Å². The summed E-state index contributed by atoms with van der Waals surface area (Å²) in [5.74, 6) is -1.12. The van der Waals surface area contributed by atoms with Gasteiger partial charge in [-0.1, -0.05) is 45.7 Å². The quantitative estimate of drug-likeness (QED) is 0.801. The van der Waals surface area contributed by atoms with Gasteiger partial charge in [-0.25, -0.2) is 0 Å². The van der Waals surface area contributed by atoms with Crippen LogP contribution in [-0.2, 0) is 4.79 Å². The molecule has 0 radical (unpaired) electrons. The molecule has 0 saturated carbocycles. The highest BCUT2D eigenvalue weighted by Crippen LogP contribution is 2.21. The van der Waals surface area contributed by atoms with Gasteiger partial charge in [0.1, 0.15) is 0 Å². The SMILES string of the molecule is CC(Br)C(Br)C(C)C(=O)O. The van der Waals surface area contributed by atoms with Crippen LogP contribution in [-0.4, -0.2) is 20.7 Å². The standard InChI is InChI=1S/C6H10Br2O2/c1-3(6(9)10)5(8)4(2)7/h3-5H,1-2H3,(H,9,10). The lowest BCUT2D eigenvalue weighted by Gasteiger charge is -2.15. The Morgan fingerprint density at radius 3 is 1.90 bits per heavy atom. The van der Waals surface area contributed by atoms with Crippen molar-refractivity contribution in [1.82, 2.24) is 0 Å². The van der Waals surface area contributed by atoms with Gasteiger partial charge in [-0.15, -0.1) is 0 Å². The second-order valence-corrected chi connectivity index (χ2v) is 4.75. The molecule has 0 aliphatic rings. The number of halogens is 2. The summed E-state index contributed by atoms with van der Waals surface area (Å²) in [6, 6.07) is 0. The van der Waals surface area contributed by atoms with E-state index in [1.165, 1.54) is 0 Å². The zero-order chi connectivity index (χ0) is 8.31. The van der Waals surface area contributed by atoms with Crippen molar-refractivity contribution in [1.29, 1.82) is 0 Å². The molecule has 0 saturated heterocycles. The Labute approximate surface area is 77.3 Å². The topological polar surface area (TPSA) is 37.3 Å². The molecule has 0 bridgehead atoms. The van der Waals surface area contributed by atoms with Gasteiger partial charge < -0.3 is 5.11 Å². The number of hydrogen-bond acceptors (Lipinski definition) is 1. The molecule has 0 rings (SSSR count). The first kappa shape index (κ1) is 10.4. The molecule has 0 aliphatic heterocycles. The van der Waals surface area contributed by atoms with Crippen molar-refractivity contribution < 1.29 is 9.90 Å². The van der Waals surface area contributed by atoms with Gasteiger partial charge in [0.15, 0.2) is 0 Å². The van der Waals surface area contributed by atoms with Crippen LogP contribution in [0.2, 0.25) is 0 Å². The van der Waals surface area contributed by atoms with E-state index < -0.39 is 5.97 Å². The minimum atomic E-state index is -0.770. The molecule has 3 atom stereocenters. The summed E-state index contributed by atoms with van der Waals surface area (Å²) in [4.78, 5) is 10.6. The van der Waals surface area contributed by atoms with Crippen molar-refractivity contribution in [3.8, 4) is 0 Å². The highest BCUT2D eigenvalue weighted by molar-refractivity contribution is 9.12. The molecule has 0 fully saturated rings. The minimum Gasteiger partial charge on any atom is -0.481 e. The lowest BCUT2D eigenvalue weighted by atomic mass is 10.1. The Morgan fingerprint density at radius 2 is 1.80 bits per heavy atom. The predicted octanol–water partition coefficient (Wildman–Crippen LogP) is 2.25. The molecule has 1 N–H and O–H groups in total. The van der Waals surface area contributed by atoms with Crippen LogP contribution in [0.3, 0.4) is 0 Å². The van der Waals surface area contributed by atoms with E-state index in [4.69, 9.17) is 5.11 Å². The van der Waals surface area contributed by atoms with Crippen LogP contribution in [0.5, 0.6) is 0 Å². The summed E-state index contributed by atoms with van der Waals surface area (Å²) < 4.78 is 0. The molecule has 10 heavy (non-hydrogen) atoms. The van der Waals surface area contributed by atoms with Crippen LogP contribution in [0, 0.1) is 5.92 Å². The lowest BCUT2D eigenvalue weighted by molar-refractivity contribution is -0.141. The molecule has 0 aromatic heterocycles. The van der Waals surface area contributed by atoms with E-state index in [9.17, 15) is 4.79 Å². The van der Waals surface area contributed by atoms with E-state index in [-0.39, 0.29) is 15.6 Å². The third kappa shape index (κ3) is 3.01. The van der Waals surface area contributed by atoms with Gasteiger partial charge in [0, 0.05) is 9.65 Å². The van der Waals surface area contributed by atoms with Crippen molar-refractivity contribution in [2.45, 2.75) is 23.5 Å². The first-order valence-corrected chi connectivity index (χ1v) is 4.81. The van der Waals surface area contributed by atoms with Crippen LogP contribution in [0.1, 0.15) is 13.8 Å². The van der Waals surface area contributed by atoms with Crippen molar-refractivity contribution in [3.05, 3.63) is 0 Å². The van der Waals surface area contributed by atoms with Gasteiger partial charge in [-0.3, -0.25) is 4.79 Å². The van der Waals surface area contributed by atoms with E-state index in [0.29, 0.717) is 0 Å². The summed E-state index contributed by atoms with van der Waals surface area (Å²) in [6.45, 7) is 3.60. The first-order chi connectivity index (χ1) is 4.46. The second kappa shape index (κ2) is 4.34. The highest BCUT2D eigenvalue weighted by Gasteiger charge is 2.24. The molecule has 2 nitrogen and oxygen atoms in total. The van der Waals surface area contributed by atoms with E-state index in [1.54, 1.807) is 6.92 Å². The van der Waals surface area contributed by atoms with Gasteiger partial charge in [0.05, 0.1) is 5.92 Å².